The molecule has 1 aromatic rings. The third-order valence-corrected chi connectivity index (χ3v) is 4.02. The van der Waals surface area contributed by atoms with Crippen LogP contribution in [0.15, 0.2) is 18.2 Å². The van der Waals surface area contributed by atoms with Crippen LogP contribution in [0.1, 0.15) is 42.1 Å². The molecule has 3 rings (SSSR count). The number of aliphatic hydroxyl groups excluding tert-OH is 1. The summed E-state index contributed by atoms with van der Waals surface area (Å²) < 4.78 is 0. The number of hydrogen-bond acceptors (Lipinski definition) is 2. The molecule has 0 saturated heterocycles. The summed E-state index contributed by atoms with van der Waals surface area (Å²) in [5.74, 6) is -0.780. The number of benzene rings is 1. The molecule has 0 saturated carbocycles. The lowest BCUT2D eigenvalue weighted by Crippen LogP contribution is -2.36. The zero-order valence-corrected chi connectivity index (χ0v) is 8.94. The molecule has 2 atom stereocenters. The molecule has 0 bridgehead atoms. The van der Waals surface area contributed by atoms with Gasteiger partial charge in [0.15, 0.2) is 0 Å². The van der Waals surface area contributed by atoms with Crippen molar-refractivity contribution >= 4 is 5.97 Å². The minimum absolute atomic E-state index is 0.342. The van der Waals surface area contributed by atoms with Crippen LogP contribution in [0.5, 0.6) is 0 Å². The second kappa shape index (κ2) is 3.08. The molecular weight excluding hydrogens is 204 g/mol. The molecule has 0 radical (unpaired) electrons. The van der Waals surface area contributed by atoms with Crippen LogP contribution >= 0.6 is 0 Å². The Hall–Kier alpha value is -1.35. The fourth-order valence-corrected chi connectivity index (χ4v) is 3.34. The van der Waals surface area contributed by atoms with Crippen LogP contribution in [0.25, 0.3) is 0 Å². The predicted octanol–water partition coefficient (Wildman–Crippen LogP) is 1.78. The van der Waals surface area contributed by atoms with Crippen molar-refractivity contribution in [3.05, 3.63) is 34.9 Å². The molecule has 3 nitrogen and oxygen atoms in total. The number of carboxylic acid groups (broad SMARTS) is 1. The van der Waals surface area contributed by atoms with E-state index in [1.165, 1.54) is 0 Å². The number of rotatable bonds is 1. The average Bonchev–Trinajstić information content (AvgIpc) is 2.56. The van der Waals surface area contributed by atoms with Gasteiger partial charge in [-0.2, -0.15) is 0 Å². The van der Waals surface area contributed by atoms with Crippen LogP contribution in [-0.2, 0) is 16.6 Å². The van der Waals surface area contributed by atoms with E-state index in [-0.39, 0.29) is 0 Å². The van der Waals surface area contributed by atoms with Crippen molar-refractivity contribution in [1.82, 2.24) is 0 Å². The van der Waals surface area contributed by atoms with Gasteiger partial charge >= 0.3 is 5.97 Å². The number of aliphatic hydroxyl groups is 1. The van der Waals surface area contributed by atoms with Gasteiger partial charge in [-0.1, -0.05) is 18.2 Å². The third kappa shape index (κ3) is 1.04. The van der Waals surface area contributed by atoms with Crippen LogP contribution < -0.4 is 0 Å². The first kappa shape index (κ1) is 9.85. The molecule has 0 spiro atoms. The summed E-state index contributed by atoms with van der Waals surface area (Å²) in [6, 6.07) is 5.77. The van der Waals surface area contributed by atoms with E-state index in [2.05, 4.69) is 0 Å². The fraction of sp³-hybridized carbons (Fsp3) is 0.462. The molecule has 2 aliphatic carbocycles. The van der Waals surface area contributed by atoms with Crippen molar-refractivity contribution in [2.75, 3.05) is 0 Å². The SMILES string of the molecule is O=C(O)[C@]12CCCc3cccc(c31)[C@@H](O)C2. The van der Waals surface area contributed by atoms with Crippen LogP contribution in [-0.4, -0.2) is 16.2 Å². The minimum atomic E-state index is -0.816. The van der Waals surface area contributed by atoms with E-state index in [1.54, 1.807) is 0 Å². The molecule has 0 amide bonds. The van der Waals surface area contributed by atoms with E-state index < -0.39 is 17.5 Å². The molecular formula is C13H14O3. The molecule has 84 valence electrons. The lowest BCUT2D eigenvalue weighted by Gasteiger charge is -2.31. The molecule has 16 heavy (non-hydrogen) atoms. The van der Waals surface area contributed by atoms with Crippen LogP contribution in [0.4, 0.5) is 0 Å². The van der Waals surface area contributed by atoms with E-state index >= 15 is 0 Å². The van der Waals surface area contributed by atoms with Gasteiger partial charge in [0.25, 0.3) is 0 Å². The maximum Gasteiger partial charge on any atom is 0.314 e. The predicted molar refractivity (Wildman–Crippen MR) is 58.3 cm³/mol. The van der Waals surface area contributed by atoms with Crippen molar-refractivity contribution in [2.45, 2.75) is 37.2 Å². The summed E-state index contributed by atoms with van der Waals surface area (Å²) in [4.78, 5) is 11.5. The molecule has 0 aromatic heterocycles. The van der Waals surface area contributed by atoms with Gasteiger partial charge in [-0.15, -0.1) is 0 Å². The van der Waals surface area contributed by atoms with E-state index in [0.29, 0.717) is 12.8 Å². The van der Waals surface area contributed by atoms with Gasteiger partial charge in [-0.25, -0.2) is 0 Å². The standard InChI is InChI=1S/C13H14O3/c14-10-7-13(12(15)16)6-2-4-8-3-1-5-9(10)11(8)13/h1,3,5,10,14H,2,4,6-7H2,(H,15,16)/t10-,13-/m0/s1. The first-order valence-electron chi connectivity index (χ1n) is 5.69. The summed E-state index contributed by atoms with van der Waals surface area (Å²) in [5.41, 5.74) is 2.03. The molecule has 1 aromatic carbocycles. The normalized spacial score (nSPS) is 31.2. The topological polar surface area (TPSA) is 57.5 Å². The maximum absolute atomic E-state index is 11.5. The molecule has 0 aliphatic heterocycles. The van der Waals surface area contributed by atoms with Crippen LogP contribution in [0.3, 0.4) is 0 Å². The highest BCUT2D eigenvalue weighted by atomic mass is 16.4. The Morgan fingerprint density at radius 3 is 3.00 bits per heavy atom. The van der Waals surface area contributed by atoms with Gasteiger partial charge < -0.3 is 10.2 Å². The highest BCUT2D eigenvalue weighted by Gasteiger charge is 2.51. The Morgan fingerprint density at radius 2 is 2.25 bits per heavy atom. The van der Waals surface area contributed by atoms with Gasteiger partial charge in [0, 0.05) is 0 Å². The largest absolute Gasteiger partial charge is 0.481 e. The monoisotopic (exact) mass is 218 g/mol. The van der Waals surface area contributed by atoms with E-state index in [9.17, 15) is 15.0 Å². The summed E-state index contributed by atoms with van der Waals surface area (Å²) in [6.07, 6.45) is 2.22. The second-order valence-electron chi connectivity index (χ2n) is 4.84. The summed E-state index contributed by atoms with van der Waals surface area (Å²) in [7, 11) is 0. The Balaban J connectivity index is 2.29. The zero-order chi connectivity index (χ0) is 11.3. The Morgan fingerprint density at radius 1 is 1.44 bits per heavy atom. The van der Waals surface area contributed by atoms with Gasteiger partial charge in [-0.3, -0.25) is 4.79 Å². The highest BCUT2D eigenvalue weighted by Crippen LogP contribution is 2.51. The molecule has 3 heteroatoms. The average molecular weight is 218 g/mol. The Labute approximate surface area is 93.7 Å². The highest BCUT2D eigenvalue weighted by molar-refractivity contribution is 5.84. The third-order valence-electron chi connectivity index (χ3n) is 4.02. The van der Waals surface area contributed by atoms with E-state index in [1.807, 2.05) is 18.2 Å². The molecule has 0 fully saturated rings. The van der Waals surface area contributed by atoms with Crippen LogP contribution in [0.2, 0.25) is 0 Å². The summed E-state index contributed by atoms with van der Waals surface area (Å²) in [6.45, 7) is 0. The maximum atomic E-state index is 11.5. The first-order chi connectivity index (χ1) is 7.65. The van der Waals surface area contributed by atoms with Gasteiger partial charge in [-0.05, 0) is 42.4 Å². The lowest BCUT2D eigenvalue weighted by atomic mass is 9.71. The van der Waals surface area contributed by atoms with E-state index in [0.717, 1.165) is 29.5 Å². The van der Waals surface area contributed by atoms with Crippen molar-refractivity contribution < 1.29 is 15.0 Å². The number of carboxylic acids is 1. The number of aliphatic carboxylic acids is 1. The van der Waals surface area contributed by atoms with Gasteiger partial charge in [0.2, 0.25) is 0 Å². The molecule has 0 heterocycles. The van der Waals surface area contributed by atoms with Crippen molar-refractivity contribution in [3.8, 4) is 0 Å². The van der Waals surface area contributed by atoms with Crippen molar-refractivity contribution in [3.63, 3.8) is 0 Å². The molecule has 0 unspecified atom stereocenters. The molecule has 2 aliphatic rings. The summed E-state index contributed by atoms with van der Waals surface area (Å²) in [5, 5.41) is 19.5. The Bertz CT molecular complexity index is 466. The molecule has 2 N–H and O–H groups in total. The number of aryl methyl sites for hydroxylation is 1. The summed E-state index contributed by atoms with van der Waals surface area (Å²) >= 11 is 0. The quantitative estimate of drug-likeness (QED) is 0.755. The second-order valence-corrected chi connectivity index (χ2v) is 4.84. The zero-order valence-electron chi connectivity index (χ0n) is 8.94. The van der Waals surface area contributed by atoms with Crippen molar-refractivity contribution in [2.24, 2.45) is 0 Å². The number of hydrogen-bond donors (Lipinski definition) is 2. The van der Waals surface area contributed by atoms with E-state index in [4.69, 9.17) is 0 Å². The fourth-order valence-electron chi connectivity index (χ4n) is 3.34. The number of carbonyl (C=O) groups is 1. The smallest absolute Gasteiger partial charge is 0.314 e. The Kier molecular flexibility index (Phi) is 1.89. The minimum Gasteiger partial charge on any atom is -0.481 e. The van der Waals surface area contributed by atoms with Gasteiger partial charge in [0.05, 0.1) is 11.5 Å². The van der Waals surface area contributed by atoms with Gasteiger partial charge in [0.1, 0.15) is 0 Å². The first-order valence-corrected chi connectivity index (χ1v) is 5.69. The van der Waals surface area contributed by atoms with Crippen LogP contribution in [0, 0.1) is 0 Å². The van der Waals surface area contributed by atoms with Crippen molar-refractivity contribution in [1.29, 1.82) is 0 Å². The lowest BCUT2D eigenvalue weighted by molar-refractivity contribution is -0.145.